The highest BCUT2D eigenvalue weighted by Gasteiger charge is 2.18. The van der Waals surface area contributed by atoms with E-state index in [0.29, 0.717) is 5.13 Å². The molecule has 2 aromatic carbocycles. The van der Waals surface area contributed by atoms with Crippen LogP contribution in [0.5, 0.6) is 0 Å². The third-order valence-corrected chi connectivity index (χ3v) is 5.15. The van der Waals surface area contributed by atoms with Gasteiger partial charge in [0.25, 0.3) is 0 Å². The highest BCUT2D eigenvalue weighted by molar-refractivity contribution is 9.10. The molecule has 0 spiro atoms. The fraction of sp³-hybridized carbons (Fsp3) is 0.150. The Balaban J connectivity index is 1.68. The third-order valence-electron chi connectivity index (χ3n) is 3.86. The summed E-state index contributed by atoms with van der Waals surface area (Å²) in [6.45, 7) is 1.44. The van der Waals surface area contributed by atoms with Crippen LogP contribution in [0.15, 0.2) is 64.5 Å². The molecule has 0 fully saturated rings. The molecule has 7 heteroatoms. The molecule has 0 saturated carbocycles. The summed E-state index contributed by atoms with van der Waals surface area (Å²) in [5, 5.41) is 8.10. The largest absolute Gasteiger partial charge is 0.349 e. The highest BCUT2D eigenvalue weighted by atomic mass is 79.9. The van der Waals surface area contributed by atoms with Crippen molar-refractivity contribution in [2.75, 3.05) is 5.32 Å². The first-order chi connectivity index (χ1) is 13.0. The molecule has 3 aromatic rings. The number of halogens is 1. The average molecular weight is 444 g/mol. The van der Waals surface area contributed by atoms with E-state index in [-0.39, 0.29) is 18.2 Å². The second-order valence-corrected chi connectivity index (χ2v) is 7.73. The molecule has 1 atom stereocenters. The van der Waals surface area contributed by atoms with Gasteiger partial charge in [0, 0.05) is 22.3 Å². The predicted molar refractivity (Wildman–Crippen MR) is 111 cm³/mol. The van der Waals surface area contributed by atoms with Crippen molar-refractivity contribution < 1.29 is 9.59 Å². The maximum absolute atomic E-state index is 12.5. The van der Waals surface area contributed by atoms with Gasteiger partial charge >= 0.3 is 0 Å². The van der Waals surface area contributed by atoms with Crippen LogP contribution in [-0.4, -0.2) is 16.8 Å². The van der Waals surface area contributed by atoms with Gasteiger partial charge in [-0.1, -0.05) is 58.4 Å². The Morgan fingerprint density at radius 3 is 2.48 bits per heavy atom. The van der Waals surface area contributed by atoms with Crippen LogP contribution in [0.25, 0.3) is 11.3 Å². The Labute approximate surface area is 170 Å². The summed E-state index contributed by atoms with van der Waals surface area (Å²) in [6, 6.07) is 16.9. The lowest BCUT2D eigenvalue weighted by molar-refractivity contribution is -0.120. The molecule has 0 saturated heterocycles. The van der Waals surface area contributed by atoms with Gasteiger partial charge in [0.05, 0.1) is 18.2 Å². The van der Waals surface area contributed by atoms with Gasteiger partial charge in [-0.05, 0) is 17.7 Å². The number of carbonyl (C=O) groups is 2. The van der Waals surface area contributed by atoms with E-state index in [2.05, 4.69) is 31.5 Å². The molecule has 1 heterocycles. The molecule has 138 valence electrons. The molecule has 1 aromatic heterocycles. The second kappa shape index (κ2) is 8.92. The zero-order valence-corrected chi connectivity index (χ0v) is 17.0. The van der Waals surface area contributed by atoms with Crippen molar-refractivity contribution in [1.82, 2.24) is 10.3 Å². The Morgan fingerprint density at radius 2 is 1.81 bits per heavy atom. The van der Waals surface area contributed by atoms with Crippen LogP contribution in [0.3, 0.4) is 0 Å². The van der Waals surface area contributed by atoms with Crippen molar-refractivity contribution in [1.29, 1.82) is 0 Å². The topological polar surface area (TPSA) is 71.1 Å². The Hall–Kier alpha value is -2.51. The van der Waals surface area contributed by atoms with E-state index in [9.17, 15) is 9.59 Å². The quantitative estimate of drug-likeness (QED) is 0.575. The minimum Gasteiger partial charge on any atom is -0.349 e. The van der Waals surface area contributed by atoms with Crippen molar-refractivity contribution in [2.24, 2.45) is 0 Å². The summed E-state index contributed by atoms with van der Waals surface area (Å²) < 4.78 is 0.938. The summed E-state index contributed by atoms with van der Waals surface area (Å²) in [5.74, 6) is -0.387. The van der Waals surface area contributed by atoms with Crippen molar-refractivity contribution in [2.45, 2.75) is 19.4 Å². The van der Waals surface area contributed by atoms with Gasteiger partial charge in [-0.2, -0.15) is 0 Å². The van der Waals surface area contributed by atoms with Gasteiger partial charge in [0.1, 0.15) is 0 Å². The van der Waals surface area contributed by atoms with Gasteiger partial charge in [0.15, 0.2) is 5.13 Å². The maximum Gasteiger partial charge on any atom is 0.228 e. The molecule has 0 aliphatic rings. The Kier molecular flexibility index (Phi) is 6.36. The number of rotatable bonds is 6. The van der Waals surface area contributed by atoms with Gasteiger partial charge < -0.3 is 10.6 Å². The molecule has 0 aliphatic carbocycles. The number of aromatic nitrogens is 1. The van der Waals surface area contributed by atoms with E-state index in [1.165, 1.54) is 18.3 Å². The van der Waals surface area contributed by atoms with E-state index >= 15 is 0 Å². The molecule has 0 aliphatic heterocycles. The van der Waals surface area contributed by atoms with E-state index in [4.69, 9.17) is 0 Å². The van der Waals surface area contributed by atoms with E-state index in [1.807, 2.05) is 60.0 Å². The second-order valence-electron chi connectivity index (χ2n) is 5.96. The van der Waals surface area contributed by atoms with Crippen LogP contribution in [-0.2, 0) is 9.59 Å². The summed E-state index contributed by atoms with van der Waals surface area (Å²) in [4.78, 5) is 28.5. The van der Waals surface area contributed by atoms with Gasteiger partial charge in [-0.15, -0.1) is 11.3 Å². The minimum atomic E-state index is -0.399. The molecule has 27 heavy (non-hydrogen) atoms. The van der Waals surface area contributed by atoms with Gasteiger partial charge in [-0.25, -0.2) is 4.98 Å². The monoisotopic (exact) mass is 443 g/mol. The first-order valence-corrected chi connectivity index (χ1v) is 10.0. The van der Waals surface area contributed by atoms with Crippen LogP contribution in [0.4, 0.5) is 5.13 Å². The third kappa shape index (κ3) is 5.48. The molecule has 0 bridgehead atoms. The summed E-state index contributed by atoms with van der Waals surface area (Å²) in [6.07, 6.45) is 0.126. The molecule has 2 N–H and O–H groups in total. The molecule has 2 amide bonds. The smallest absolute Gasteiger partial charge is 0.228 e. The molecule has 1 unspecified atom stereocenters. The first-order valence-electron chi connectivity index (χ1n) is 8.34. The van der Waals surface area contributed by atoms with Crippen molar-refractivity contribution in [3.8, 4) is 11.3 Å². The van der Waals surface area contributed by atoms with E-state index in [1.54, 1.807) is 0 Å². The fourth-order valence-corrected chi connectivity index (χ4v) is 3.62. The lowest BCUT2D eigenvalue weighted by Gasteiger charge is -2.17. The number of benzene rings is 2. The molecule has 5 nitrogen and oxygen atoms in total. The molecular weight excluding hydrogens is 426 g/mol. The number of hydrogen-bond donors (Lipinski definition) is 2. The molecule has 3 rings (SSSR count). The number of hydrogen-bond acceptors (Lipinski definition) is 4. The summed E-state index contributed by atoms with van der Waals surface area (Å²) in [5.41, 5.74) is 2.69. The van der Waals surface area contributed by atoms with Crippen molar-refractivity contribution in [3.63, 3.8) is 0 Å². The van der Waals surface area contributed by atoms with Gasteiger partial charge in [0.2, 0.25) is 11.8 Å². The van der Waals surface area contributed by atoms with Crippen LogP contribution < -0.4 is 10.6 Å². The SMILES string of the molecule is CC(=O)NC(CC(=O)Nc1nc(-c2ccccc2)cs1)c1ccc(Br)cc1. The zero-order chi connectivity index (χ0) is 19.2. The van der Waals surface area contributed by atoms with E-state index < -0.39 is 6.04 Å². The highest BCUT2D eigenvalue weighted by Crippen LogP contribution is 2.25. The number of amides is 2. The van der Waals surface area contributed by atoms with Gasteiger partial charge in [-0.3, -0.25) is 9.59 Å². The zero-order valence-electron chi connectivity index (χ0n) is 14.6. The van der Waals surface area contributed by atoms with Crippen LogP contribution in [0.2, 0.25) is 0 Å². The number of nitrogens with one attached hydrogen (secondary N) is 2. The number of nitrogens with zero attached hydrogens (tertiary/aromatic N) is 1. The lowest BCUT2D eigenvalue weighted by Crippen LogP contribution is -2.29. The normalized spacial score (nSPS) is 11.6. The Bertz CT molecular complexity index is 926. The molecule has 0 radical (unpaired) electrons. The maximum atomic E-state index is 12.5. The summed E-state index contributed by atoms with van der Waals surface area (Å²) >= 11 is 4.76. The number of carbonyl (C=O) groups excluding carboxylic acids is 2. The summed E-state index contributed by atoms with van der Waals surface area (Å²) in [7, 11) is 0. The van der Waals surface area contributed by atoms with Crippen LogP contribution in [0.1, 0.15) is 24.9 Å². The number of thiazole rings is 1. The first kappa shape index (κ1) is 19.3. The van der Waals surface area contributed by atoms with Crippen LogP contribution >= 0.6 is 27.3 Å². The lowest BCUT2D eigenvalue weighted by atomic mass is 10.0. The minimum absolute atomic E-state index is 0.126. The Morgan fingerprint density at radius 1 is 1.11 bits per heavy atom. The standard InChI is InChI=1S/C20H18BrN3O2S/c1-13(25)22-17(15-7-9-16(21)10-8-15)11-19(26)24-20-23-18(12-27-20)14-5-3-2-4-6-14/h2-10,12,17H,11H2,1H3,(H,22,25)(H,23,24,26). The van der Waals surface area contributed by atoms with Crippen molar-refractivity contribution >= 4 is 44.2 Å². The van der Waals surface area contributed by atoms with E-state index in [0.717, 1.165) is 21.3 Å². The molecular formula is C20H18BrN3O2S. The fourth-order valence-electron chi connectivity index (χ4n) is 2.62. The van der Waals surface area contributed by atoms with Crippen LogP contribution in [0, 0.1) is 0 Å². The van der Waals surface area contributed by atoms with Crippen molar-refractivity contribution in [3.05, 3.63) is 70.0 Å². The predicted octanol–water partition coefficient (Wildman–Crippen LogP) is 4.78. The average Bonchev–Trinajstić information content (AvgIpc) is 3.10. The number of anilines is 1.